The van der Waals surface area contributed by atoms with E-state index in [-0.39, 0.29) is 135 Å². The predicted octanol–water partition coefficient (Wildman–Crippen LogP) is 30.6. The molecule has 0 N–H and O–H groups in total. The van der Waals surface area contributed by atoms with Crippen LogP contribution in [0.4, 0.5) is 68.5 Å². The van der Waals surface area contributed by atoms with Crippen molar-refractivity contribution in [2.75, 3.05) is 39.2 Å². The van der Waals surface area contributed by atoms with Gasteiger partial charge in [0.05, 0.1) is 11.4 Å². The SMILES string of the molecule is Cc1cc(C)cc(-c2c(-c3c[c-]c(N4[CH-]N(c5ccccc5)C(C)(C)C4(C)C)cc3)cccc2-c2c[c-]c(N3[CH-]N(c4ccccc4)C(C)(C)C3(C)C)cc2)c1.Cc1cc(C)cc(-c2c(-c3c[c-]c(N4[CH-]N(c5ccccc5)c5cc6c(cc54)C(C)(C)C(C)(C)C6(C)C)cc3)cccc2-c2c[c-]c(N3[CH-]N(c4ccccc4)c4nc5c(nc43)C(C)(C)C(C)(C)C5(C)C)cc2)c1.[Ir].[Ir].[Ir].[Ir]. The fraction of sp³-hybridized carbons (Fsp3) is 0.283. The molecule has 20 rings (SSSR count). The van der Waals surface area contributed by atoms with Gasteiger partial charge in [-0.15, -0.1) is 82.6 Å². The van der Waals surface area contributed by atoms with Gasteiger partial charge in [-0.3, -0.25) is 0 Å². The zero-order chi connectivity index (χ0) is 91.7. The van der Waals surface area contributed by atoms with Crippen molar-refractivity contribution in [1.82, 2.24) is 9.97 Å². The van der Waals surface area contributed by atoms with Crippen molar-refractivity contribution >= 4 is 68.5 Å². The Hall–Kier alpha value is -10.1. The van der Waals surface area contributed by atoms with E-state index in [0.717, 1.165) is 90.5 Å². The predicted molar refractivity (Wildman–Crippen MR) is 546 cm³/mol. The van der Waals surface area contributed by atoms with E-state index in [1.807, 2.05) is 0 Å². The first-order valence-electron chi connectivity index (χ1n) is 46.2. The Kier molecular flexibility index (Phi) is 26.3. The van der Waals surface area contributed by atoms with Gasteiger partial charge in [0.2, 0.25) is 0 Å². The normalized spacial score (nSPS) is 18.0. The third-order valence-corrected chi connectivity index (χ3v) is 32.8. The van der Waals surface area contributed by atoms with Crippen LogP contribution in [0.1, 0.15) is 183 Å². The van der Waals surface area contributed by atoms with E-state index in [1.165, 1.54) is 89.5 Å². The maximum Gasteiger partial charge on any atom is 0.146 e. The van der Waals surface area contributed by atoms with Gasteiger partial charge in [-0.05, 0) is 199 Å². The first kappa shape index (κ1) is 98.4. The molecule has 10 nitrogen and oxygen atoms in total. The monoisotopic (exact) mass is 2470 g/mol. The van der Waals surface area contributed by atoms with E-state index >= 15 is 0 Å². The molecule has 0 atom stereocenters. The van der Waals surface area contributed by atoms with Crippen LogP contribution in [0.5, 0.6) is 0 Å². The molecule has 2 saturated heterocycles. The average Bonchev–Trinajstić information content (AvgIpc) is 1.53. The zero-order valence-electron chi connectivity index (χ0n) is 81.7. The maximum absolute atomic E-state index is 5.56. The van der Waals surface area contributed by atoms with Gasteiger partial charge >= 0.3 is 0 Å². The number of para-hydroxylation sites is 4. The third-order valence-electron chi connectivity index (χ3n) is 32.8. The van der Waals surface area contributed by atoms with Crippen molar-refractivity contribution in [3.05, 3.63) is 375 Å². The molecule has 2 fully saturated rings. The van der Waals surface area contributed by atoms with Crippen molar-refractivity contribution in [3.8, 4) is 66.8 Å². The molecule has 14 aromatic rings. The number of anilines is 12. The first-order valence-corrected chi connectivity index (χ1v) is 46.2. The number of hydrogen-bond donors (Lipinski definition) is 0. The van der Waals surface area contributed by atoms with Gasteiger partial charge in [-0.1, -0.05) is 273 Å². The fourth-order valence-corrected chi connectivity index (χ4v) is 21.4. The largest absolute Gasteiger partial charge is 0.517 e. The molecule has 0 amide bonds. The summed E-state index contributed by atoms with van der Waals surface area (Å²) in [5, 5.41) is 0. The van der Waals surface area contributed by atoms with Gasteiger partial charge in [0.25, 0.3) is 0 Å². The van der Waals surface area contributed by atoms with E-state index in [9.17, 15) is 0 Å². The van der Waals surface area contributed by atoms with Crippen LogP contribution in [0.15, 0.2) is 279 Å². The first-order chi connectivity index (χ1) is 61.6. The minimum absolute atomic E-state index is 0. The second-order valence-corrected chi connectivity index (χ2v) is 42.3. The summed E-state index contributed by atoms with van der Waals surface area (Å²) < 4.78 is 0. The van der Waals surface area contributed by atoms with E-state index in [4.69, 9.17) is 9.97 Å². The standard InChI is InChI=1S/C68H68N6.C52H54N4.4Ir/c1-43-36-44(2)38-47(37-43)58-52(45-28-32-50(33-29-45)72-41-71(48-22-17-15-18-23-48)56-39-54-55(40-57(56)72)64(5,6)67(11,12)63(54,3)4)26-21-27-53(58)46-30-34-51(35-31-46)74-42-73(49-24-19-16-20-25-49)61-62(74)70-60-59(69-61)65(7,8)68(13,14)66(60,9)10;1-37-32-38(2)34-41(33-37)48-46(39-24-28-44(29-25-39)55-35-53(42-18-13-11-14-19-42)49(3,4)51(55,7)8)22-17-23-47(48)40-26-30-45(31-27-40)56-36-54(43-20-15-12-16-21-43)50(5,6)52(56,9)10;;;;/h15-32,34,36-42H,1-14H3;11-28,30,32-36H,1-10H3;;;;/q2*-4;;;;. The van der Waals surface area contributed by atoms with Crippen LogP contribution in [0.25, 0.3) is 66.8 Å². The van der Waals surface area contributed by atoms with E-state index in [1.54, 1.807) is 0 Å². The molecule has 134 heavy (non-hydrogen) atoms. The summed E-state index contributed by atoms with van der Waals surface area (Å²) in [6, 6.07) is 116. The van der Waals surface area contributed by atoms with Crippen molar-refractivity contribution < 1.29 is 80.4 Å². The van der Waals surface area contributed by atoms with Gasteiger partial charge < -0.3 is 39.2 Å². The molecule has 6 aliphatic rings. The molecule has 2 aliphatic carbocycles. The van der Waals surface area contributed by atoms with Crippen molar-refractivity contribution in [1.29, 1.82) is 0 Å². The summed E-state index contributed by atoms with van der Waals surface area (Å²) in [4.78, 5) is 29.6. The summed E-state index contributed by atoms with van der Waals surface area (Å²) in [6.07, 6.45) is 0. The van der Waals surface area contributed by atoms with Crippen LogP contribution in [-0.4, -0.2) is 32.1 Å². The number of aryl methyl sites for hydroxylation is 4. The zero-order valence-corrected chi connectivity index (χ0v) is 91.3. The Morgan fingerprint density at radius 1 is 0.246 bits per heavy atom. The summed E-state index contributed by atoms with van der Waals surface area (Å²) in [5.41, 5.74) is 33.6. The molecule has 0 saturated carbocycles. The van der Waals surface area contributed by atoms with E-state index < -0.39 is 0 Å². The quantitative estimate of drug-likeness (QED) is 0.0984. The second-order valence-electron chi connectivity index (χ2n) is 42.3. The number of fused-ring (bicyclic) bond motifs is 4. The number of aromatic nitrogens is 2. The topological polar surface area (TPSA) is 51.7 Å². The summed E-state index contributed by atoms with van der Waals surface area (Å²) in [6.45, 7) is 64.8. The smallest absolute Gasteiger partial charge is 0.146 e. The number of rotatable bonds is 14. The van der Waals surface area contributed by atoms with Crippen molar-refractivity contribution in [3.63, 3.8) is 0 Å². The van der Waals surface area contributed by atoms with Crippen LogP contribution < -0.4 is 39.2 Å². The number of nitrogens with zero attached hydrogens (tertiary/aromatic N) is 10. The summed E-state index contributed by atoms with van der Waals surface area (Å²) in [5.74, 6) is 1.65. The van der Waals surface area contributed by atoms with Gasteiger partial charge in [-0.25, -0.2) is 9.97 Å². The minimum atomic E-state index is -0.199. The molecule has 4 radical (unpaired) electrons. The van der Waals surface area contributed by atoms with Gasteiger partial charge in [0.15, 0.2) is 0 Å². The maximum atomic E-state index is 5.56. The Morgan fingerprint density at radius 3 is 0.866 bits per heavy atom. The molecule has 0 spiro atoms. The Morgan fingerprint density at radius 2 is 0.530 bits per heavy atom. The Bertz CT molecular complexity index is 6300. The summed E-state index contributed by atoms with van der Waals surface area (Å²) >= 11 is 0. The molecule has 4 aliphatic heterocycles. The molecule has 13 aromatic carbocycles. The molecule has 14 heteroatoms. The van der Waals surface area contributed by atoms with Crippen molar-refractivity contribution in [2.45, 2.75) is 210 Å². The van der Waals surface area contributed by atoms with Crippen LogP contribution in [0, 0.1) is 89.5 Å². The average molecular weight is 2470 g/mol. The second kappa shape index (κ2) is 35.8. The Balaban J connectivity index is 0.000000206. The van der Waals surface area contributed by atoms with Gasteiger partial charge in [0, 0.05) is 148 Å². The van der Waals surface area contributed by atoms with Gasteiger partial charge in [0.1, 0.15) is 11.6 Å². The van der Waals surface area contributed by atoms with Crippen LogP contribution in [0.3, 0.4) is 0 Å². The summed E-state index contributed by atoms with van der Waals surface area (Å²) in [7, 11) is 0. The number of hydrogen-bond acceptors (Lipinski definition) is 10. The molecular formula is C120H122Ir4N10-8. The Labute approximate surface area is 852 Å². The van der Waals surface area contributed by atoms with Crippen LogP contribution in [0.2, 0.25) is 0 Å². The van der Waals surface area contributed by atoms with E-state index in [0.29, 0.717) is 0 Å². The molecule has 1 aromatic heterocycles. The van der Waals surface area contributed by atoms with Gasteiger partial charge in [-0.2, -0.15) is 86.1 Å². The van der Waals surface area contributed by atoms with E-state index in [2.05, 4.69) is 535 Å². The third kappa shape index (κ3) is 15.8. The van der Waals surface area contributed by atoms with Crippen LogP contribution >= 0.6 is 0 Å². The molecule has 696 valence electrons. The minimum Gasteiger partial charge on any atom is -0.517 e. The fourth-order valence-electron chi connectivity index (χ4n) is 21.4. The molecule has 0 bridgehead atoms. The van der Waals surface area contributed by atoms with Crippen LogP contribution in [-0.2, 0) is 102 Å². The van der Waals surface area contributed by atoms with Crippen molar-refractivity contribution in [2.24, 2.45) is 10.8 Å². The molecule has 5 heterocycles. The number of benzene rings is 13. The molecular weight excluding hydrogens is 2350 g/mol. The molecule has 0 unspecified atom stereocenters.